The van der Waals surface area contributed by atoms with Gasteiger partial charge in [-0.1, -0.05) is 165 Å². The molecule has 0 aromatic heterocycles. The zero-order chi connectivity index (χ0) is 35.8. The molecule has 0 unspecified atom stereocenters. The normalized spacial score (nSPS) is 17.3. The fourth-order valence-electron chi connectivity index (χ4n) is 7.11. The molecule has 0 radical (unpaired) electrons. The van der Waals surface area contributed by atoms with Gasteiger partial charge in [0.2, 0.25) is 0 Å². The van der Waals surface area contributed by atoms with Gasteiger partial charge < -0.3 is 14.4 Å². The molecular formula is C47H87NO2. The van der Waals surface area contributed by atoms with Crippen molar-refractivity contribution >= 4 is 0 Å². The molecule has 0 aliphatic carbocycles. The van der Waals surface area contributed by atoms with Crippen molar-refractivity contribution < 1.29 is 9.47 Å². The highest BCUT2D eigenvalue weighted by Gasteiger charge is 2.30. The first kappa shape index (κ1) is 46.9. The molecule has 1 rings (SSSR count). The number of unbranched alkanes of at least 4 members (excludes halogenated alkanes) is 22. The summed E-state index contributed by atoms with van der Waals surface area (Å²) in [5.41, 5.74) is 0. The molecule has 0 aromatic rings. The third-order valence-corrected chi connectivity index (χ3v) is 10.4. The van der Waals surface area contributed by atoms with Gasteiger partial charge in [-0.15, -0.1) is 0 Å². The highest BCUT2D eigenvalue weighted by Crippen LogP contribution is 2.23. The van der Waals surface area contributed by atoms with E-state index in [9.17, 15) is 0 Å². The first-order valence-corrected chi connectivity index (χ1v) is 22.2. The minimum atomic E-state index is 0.634. The number of hydrogen-bond acceptors (Lipinski definition) is 3. The van der Waals surface area contributed by atoms with E-state index in [4.69, 9.17) is 9.47 Å². The van der Waals surface area contributed by atoms with Gasteiger partial charge in [-0.2, -0.15) is 0 Å². The average Bonchev–Trinajstić information content (AvgIpc) is 3.48. The number of rotatable bonds is 38. The van der Waals surface area contributed by atoms with Crippen LogP contribution in [0.2, 0.25) is 0 Å². The van der Waals surface area contributed by atoms with E-state index in [2.05, 4.69) is 74.4 Å². The van der Waals surface area contributed by atoms with Crippen molar-refractivity contribution in [1.29, 1.82) is 0 Å². The Bertz CT molecular complexity index is 722. The Kier molecular flexibility index (Phi) is 36.6. The van der Waals surface area contributed by atoms with Gasteiger partial charge in [0, 0.05) is 38.1 Å². The second kappa shape index (κ2) is 39.1. The van der Waals surface area contributed by atoms with E-state index >= 15 is 0 Å². The van der Waals surface area contributed by atoms with Crippen LogP contribution in [0.3, 0.4) is 0 Å². The quantitative estimate of drug-likeness (QED) is 0.0473. The van der Waals surface area contributed by atoms with Crippen LogP contribution >= 0.6 is 0 Å². The van der Waals surface area contributed by atoms with Crippen molar-refractivity contribution in [2.24, 2.45) is 11.8 Å². The number of hydrogen-bond donors (Lipinski definition) is 0. The summed E-state index contributed by atoms with van der Waals surface area (Å²) in [6.07, 6.45) is 55.8. The molecule has 0 aromatic carbocycles. The van der Waals surface area contributed by atoms with Crippen molar-refractivity contribution in [3.05, 3.63) is 48.6 Å². The van der Waals surface area contributed by atoms with Crippen molar-refractivity contribution in [2.45, 2.75) is 194 Å². The highest BCUT2D eigenvalue weighted by atomic mass is 16.5. The van der Waals surface area contributed by atoms with Crippen LogP contribution in [0.25, 0.3) is 0 Å². The average molecular weight is 698 g/mol. The van der Waals surface area contributed by atoms with Crippen molar-refractivity contribution in [3.8, 4) is 0 Å². The van der Waals surface area contributed by atoms with Crippen molar-refractivity contribution in [2.75, 3.05) is 46.6 Å². The Balaban J connectivity index is 1.85. The van der Waals surface area contributed by atoms with Crippen LogP contribution in [-0.2, 0) is 9.47 Å². The van der Waals surface area contributed by atoms with Crippen molar-refractivity contribution in [1.82, 2.24) is 4.90 Å². The molecular weight excluding hydrogens is 611 g/mol. The summed E-state index contributed by atoms with van der Waals surface area (Å²) in [6, 6.07) is 0. The Hall–Kier alpha value is -1.16. The molecule has 3 heteroatoms. The summed E-state index contributed by atoms with van der Waals surface area (Å²) in [5.74, 6) is 1.27. The molecule has 0 N–H and O–H groups in total. The second-order valence-electron chi connectivity index (χ2n) is 15.5. The first-order valence-electron chi connectivity index (χ1n) is 22.2. The topological polar surface area (TPSA) is 21.7 Å². The molecule has 1 fully saturated rings. The Morgan fingerprint density at radius 1 is 0.400 bits per heavy atom. The van der Waals surface area contributed by atoms with Gasteiger partial charge in [0.05, 0.1) is 13.2 Å². The summed E-state index contributed by atoms with van der Waals surface area (Å²) in [4.78, 5) is 2.47. The van der Waals surface area contributed by atoms with Crippen LogP contribution in [0.15, 0.2) is 48.6 Å². The minimum absolute atomic E-state index is 0.634. The Labute approximate surface area is 314 Å². The van der Waals surface area contributed by atoms with E-state index in [1.165, 1.54) is 167 Å². The SMILES string of the molecule is CCCCC/C=C\C/C=C\CCCCCCCCCCOC[C@@H]1CN(C)C[C@H]1COCCCCCCCCCC/C=C\C/C=C\CCCCC. The van der Waals surface area contributed by atoms with E-state index in [1.54, 1.807) is 0 Å². The monoisotopic (exact) mass is 698 g/mol. The maximum atomic E-state index is 6.17. The summed E-state index contributed by atoms with van der Waals surface area (Å²) in [7, 11) is 2.25. The number of nitrogens with zero attached hydrogens (tertiary/aromatic N) is 1. The van der Waals surface area contributed by atoms with Gasteiger partial charge in [0.25, 0.3) is 0 Å². The molecule has 0 bridgehead atoms. The molecule has 2 atom stereocenters. The van der Waals surface area contributed by atoms with Gasteiger partial charge in [0.15, 0.2) is 0 Å². The predicted octanol–water partition coefficient (Wildman–Crippen LogP) is 14.4. The zero-order valence-corrected chi connectivity index (χ0v) is 34.1. The summed E-state index contributed by atoms with van der Waals surface area (Å²) in [5, 5.41) is 0. The zero-order valence-electron chi connectivity index (χ0n) is 34.1. The fourth-order valence-corrected chi connectivity index (χ4v) is 7.11. The van der Waals surface area contributed by atoms with Crippen LogP contribution in [0, 0.1) is 11.8 Å². The molecule has 3 nitrogen and oxygen atoms in total. The lowest BCUT2D eigenvalue weighted by Gasteiger charge is -2.18. The number of ether oxygens (including phenoxy) is 2. The fraction of sp³-hybridized carbons (Fsp3) is 0.830. The van der Waals surface area contributed by atoms with Crippen LogP contribution in [0.5, 0.6) is 0 Å². The first-order chi connectivity index (χ1) is 24.8. The smallest absolute Gasteiger partial charge is 0.0510 e. The lowest BCUT2D eigenvalue weighted by Crippen LogP contribution is -2.23. The third-order valence-electron chi connectivity index (χ3n) is 10.4. The standard InChI is InChI=1S/C47H87NO2/c1-4-6-8-10-12-14-16-18-20-22-24-26-28-30-32-34-36-38-40-49-44-46-42-48(3)43-47(46)45-50-41-39-37-35-33-31-29-27-25-23-21-19-17-15-13-11-9-7-5-2/h12-15,18-21,46-47H,4-11,16-17,22-45H2,1-3H3/b14-12-,15-13-,20-18-,21-19-/t46-,47-/m0/s1. The molecule has 0 amide bonds. The summed E-state index contributed by atoms with van der Waals surface area (Å²) < 4.78 is 12.3. The maximum Gasteiger partial charge on any atom is 0.0510 e. The Morgan fingerprint density at radius 2 is 0.700 bits per heavy atom. The third kappa shape index (κ3) is 32.7. The number of likely N-dealkylation sites (tertiary alicyclic amines) is 1. The molecule has 0 saturated carbocycles. The van der Waals surface area contributed by atoms with Crippen molar-refractivity contribution in [3.63, 3.8) is 0 Å². The molecule has 1 heterocycles. The van der Waals surface area contributed by atoms with E-state index in [0.717, 1.165) is 52.4 Å². The lowest BCUT2D eigenvalue weighted by molar-refractivity contribution is 0.0482. The molecule has 0 spiro atoms. The minimum Gasteiger partial charge on any atom is -0.381 e. The van der Waals surface area contributed by atoms with E-state index in [-0.39, 0.29) is 0 Å². The highest BCUT2D eigenvalue weighted by molar-refractivity contribution is 4.93. The van der Waals surface area contributed by atoms with Gasteiger partial charge in [-0.05, 0) is 84.1 Å². The predicted molar refractivity (Wildman–Crippen MR) is 223 cm³/mol. The number of allylic oxidation sites excluding steroid dienone is 8. The van der Waals surface area contributed by atoms with Crippen LogP contribution in [0.1, 0.15) is 194 Å². The van der Waals surface area contributed by atoms with Gasteiger partial charge >= 0.3 is 0 Å². The second-order valence-corrected chi connectivity index (χ2v) is 15.5. The van der Waals surface area contributed by atoms with E-state index in [0.29, 0.717) is 11.8 Å². The Morgan fingerprint density at radius 3 is 1.04 bits per heavy atom. The molecule has 50 heavy (non-hydrogen) atoms. The van der Waals surface area contributed by atoms with Gasteiger partial charge in [-0.25, -0.2) is 0 Å². The van der Waals surface area contributed by atoms with E-state index in [1.807, 2.05) is 0 Å². The summed E-state index contributed by atoms with van der Waals surface area (Å²) in [6.45, 7) is 10.5. The van der Waals surface area contributed by atoms with E-state index < -0.39 is 0 Å². The summed E-state index contributed by atoms with van der Waals surface area (Å²) >= 11 is 0. The molecule has 1 saturated heterocycles. The lowest BCUT2D eigenvalue weighted by atomic mass is 9.98. The molecule has 1 aliphatic rings. The van der Waals surface area contributed by atoms with Crippen LogP contribution < -0.4 is 0 Å². The van der Waals surface area contributed by atoms with Gasteiger partial charge in [0.1, 0.15) is 0 Å². The van der Waals surface area contributed by atoms with Crippen LogP contribution in [-0.4, -0.2) is 51.5 Å². The van der Waals surface area contributed by atoms with Crippen LogP contribution in [0.4, 0.5) is 0 Å². The maximum absolute atomic E-state index is 6.17. The molecule has 1 aliphatic heterocycles. The molecule has 292 valence electrons. The largest absolute Gasteiger partial charge is 0.381 e. The van der Waals surface area contributed by atoms with Gasteiger partial charge in [-0.3, -0.25) is 0 Å².